The minimum Gasteiger partial charge on any atom is -0.465 e. The molecule has 2 heterocycles. The van der Waals surface area contributed by atoms with Crippen molar-refractivity contribution in [3.63, 3.8) is 0 Å². The maximum atomic E-state index is 12.3. The smallest absolute Gasteiger partial charge is 0.339 e. The van der Waals surface area contributed by atoms with Crippen LogP contribution in [0.1, 0.15) is 19.4 Å². The number of nitrogens with two attached hydrogens (primary N) is 1. The number of nitrogens with zero attached hydrogens (tertiary/aromatic N) is 1. The molecule has 0 spiro atoms. The molecule has 1 saturated heterocycles. The Morgan fingerprint density at radius 2 is 2.04 bits per heavy atom. The van der Waals surface area contributed by atoms with Crippen LogP contribution in [0.2, 0.25) is 0 Å². The summed E-state index contributed by atoms with van der Waals surface area (Å²) in [6.45, 7) is 3.74. The van der Waals surface area contributed by atoms with Gasteiger partial charge >= 0.3 is 5.97 Å². The molecule has 0 aromatic heterocycles. The van der Waals surface area contributed by atoms with Crippen molar-refractivity contribution in [2.24, 2.45) is 11.7 Å². The summed E-state index contributed by atoms with van der Waals surface area (Å²) >= 11 is 0. The third kappa shape index (κ3) is 3.17. The Morgan fingerprint density at radius 1 is 1.35 bits per heavy atom. The van der Waals surface area contributed by atoms with Gasteiger partial charge in [-0.25, -0.2) is 4.79 Å². The van der Waals surface area contributed by atoms with Gasteiger partial charge in [0.25, 0.3) is 0 Å². The highest BCUT2D eigenvalue weighted by molar-refractivity contribution is 5.92. The van der Waals surface area contributed by atoms with Crippen LogP contribution in [-0.2, 0) is 23.7 Å². The number of esters is 1. The number of methoxy groups -OCH3 is 1. The fraction of sp³-hybridized carbons (Fsp3) is 0.368. The van der Waals surface area contributed by atoms with Gasteiger partial charge in [0, 0.05) is 5.56 Å². The molecule has 26 heavy (non-hydrogen) atoms. The van der Waals surface area contributed by atoms with E-state index in [9.17, 15) is 10.1 Å². The van der Waals surface area contributed by atoms with Crippen LogP contribution in [-0.4, -0.2) is 31.6 Å². The summed E-state index contributed by atoms with van der Waals surface area (Å²) in [5, 5.41) is 9.84. The fourth-order valence-corrected chi connectivity index (χ4v) is 3.17. The summed E-state index contributed by atoms with van der Waals surface area (Å²) < 4.78 is 22.1. The number of hydrogen-bond donors (Lipinski definition) is 1. The highest BCUT2D eigenvalue weighted by Crippen LogP contribution is 2.42. The summed E-state index contributed by atoms with van der Waals surface area (Å²) in [6, 6.07) is 11.3. The van der Waals surface area contributed by atoms with Crippen LogP contribution >= 0.6 is 0 Å². The van der Waals surface area contributed by atoms with Crippen molar-refractivity contribution in [1.82, 2.24) is 0 Å². The predicted molar refractivity (Wildman–Crippen MR) is 91.7 cm³/mol. The van der Waals surface area contributed by atoms with Crippen LogP contribution in [0.15, 0.2) is 47.4 Å². The van der Waals surface area contributed by atoms with Gasteiger partial charge in [0.15, 0.2) is 11.5 Å². The van der Waals surface area contributed by atoms with Crippen molar-refractivity contribution >= 4 is 11.7 Å². The zero-order valence-electron chi connectivity index (χ0n) is 14.8. The molecule has 1 aromatic carbocycles. The minimum absolute atomic E-state index is 0.0648. The van der Waals surface area contributed by atoms with Crippen molar-refractivity contribution in [3.05, 3.63) is 52.9 Å². The number of rotatable bonds is 3. The lowest BCUT2D eigenvalue weighted by Crippen LogP contribution is -2.36. The highest BCUT2D eigenvalue weighted by Gasteiger charge is 2.47. The van der Waals surface area contributed by atoms with E-state index in [-0.39, 0.29) is 23.6 Å². The van der Waals surface area contributed by atoms with E-state index < -0.39 is 23.8 Å². The van der Waals surface area contributed by atoms with E-state index in [2.05, 4.69) is 6.07 Å². The van der Waals surface area contributed by atoms with Crippen molar-refractivity contribution in [2.45, 2.75) is 25.7 Å². The van der Waals surface area contributed by atoms with Crippen LogP contribution in [0, 0.1) is 17.2 Å². The molecule has 1 unspecified atom stereocenters. The van der Waals surface area contributed by atoms with E-state index >= 15 is 0 Å². The molecule has 1 aromatic rings. The van der Waals surface area contributed by atoms with Crippen LogP contribution in [0.25, 0.3) is 5.76 Å². The monoisotopic (exact) mass is 356 g/mol. The van der Waals surface area contributed by atoms with Gasteiger partial charge in [0.1, 0.15) is 5.57 Å². The van der Waals surface area contributed by atoms with Crippen molar-refractivity contribution in [1.29, 1.82) is 5.26 Å². The second kappa shape index (κ2) is 6.83. The van der Waals surface area contributed by atoms with Gasteiger partial charge in [-0.05, 0) is 13.8 Å². The number of nitriles is 1. The third-order valence-corrected chi connectivity index (χ3v) is 4.31. The SMILES string of the molecule is COC(=O)C1=C(N)OC(c2ccccc2)=C(C#N)[C@H]1C1COC(C)(C)O1. The number of ether oxygens (including phenoxy) is 4. The van der Waals surface area contributed by atoms with Crippen LogP contribution in [0.5, 0.6) is 0 Å². The molecule has 2 aliphatic heterocycles. The number of carbonyl (C=O) groups is 1. The summed E-state index contributed by atoms with van der Waals surface area (Å²) in [7, 11) is 1.25. The Kier molecular flexibility index (Phi) is 4.72. The minimum atomic E-state index is -0.827. The largest absolute Gasteiger partial charge is 0.465 e. The molecule has 0 amide bonds. The molecule has 7 heteroatoms. The fourth-order valence-electron chi connectivity index (χ4n) is 3.17. The van der Waals surface area contributed by atoms with E-state index in [1.165, 1.54) is 7.11 Å². The molecule has 2 aliphatic rings. The second-order valence-electron chi connectivity index (χ2n) is 6.44. The molecule has 0 bridgehead atoms. The first-order valence-corrected chi connectivity index (χ1v) is 8.15. The molecule has 0 aliphatic carbocycles. The van der Waals surface area contributed by atoms with Crippen LogP contribution in [0.4, 0.5) is 0 Å². The topological polar surface area (TPSA) is 104 Å². The third-order valence-electron chi connectivity index (χ3n) is 4.31. The summed E-state index contributed by atoms with van der Waals surface area (Å²) in [5.41, 5.74) is 7.03. The lowest BCUT2D eigenvalue weighted by molar-refractivity contribution is -0.145. The molecule has 7 nitrogen and oxygen atoms in total. The summed E-state index contributed by atoms with van der Waals surface area (Å²) in [5.74, 6) is -2.05. The standard InChI is InChI=1S/C19H20N2O5/c1-19(2)24-10-13(26-19)14-12(9-20)16(11-7-5-4-6-8-11)25-17(21)15(14)18(22)23-3/h4-8,13-14H,10,21H2,1-3H3/t13?,14-/m0/s1. The molecule has 1 fully saturated rings. The maximum absolute atomic E-state index is 12.3. The van der Waals surface area contributed by atoms with Gasteiger partial charge < -0.3 is 24.7 Å². The first-order valence-electron chi connectivity index (χ1n) is 8.15. The Hall–Kier alpha value is -2.82. The number of benzene rings is 1. The van der Waals surface area contributed by atoms with E-state index in [0.717, 1.165) is 0 Å². The van der Waals surface area contributed by atoms with Crippen molar-refractivity contribution < 1.29 is 23.7 Å². The van der Waals surface area contributed by atoms with E-state index in [0.29, 0.717) is 11.3 Å². The van der Waals surface area contributed by atoms with E-state index in [4.69, 9.17) is 24.7 Å². The Bertz CT molecular complexity index is 820. The molecular weight excluding hydrogens is 336 g/mol. The maximum Gasteiger partial charge on any atom is 0.339 e. The molecule has 2 atom stereocenters. The zero-order valence-corrected chi connectivity index (χ0v) is 14.8. The van der Waals surface area contributed by atoms with Gasteiger partial charge in [0.05, 0.1) is 37.4 Å². The number of hydrogen-bond acceptors (Lipinski definition) is 7. The van der Waals surface area contributed by atoms with Crippen molar-refractivity contribution in [2.75, 3.05) is 13.7 Å². The quantitative estimate of drug-likeness (QED) is 0.827. The highest BCUT2D eigenvalue weighted by atomic mass is 16.7. The molecule has 0 radical (unpaired) electrons. The van der Waals surface area contributed by atoms with Gasteiger partial charge in [-0.1, -0.05) is 30.3 Å². The average Bonchev–Trinajstić information content (AvgIpc) is 3.00. The summed E-state index contributed by atoms with van der Waals surface area (Å²) in [6.07, 6.45) is -0.574. The van der Waals surface area contributed by atoms with Crippen LogP contribution in [0.3, 0.4) is 0 Å². The average molecular weight is 356 g/mol. The Balaban J connectivity index is 2.14. The van der Waals surface area contributed by atoms with Gasteiger partial charge in [-0.15, -0.1) is 0 Å². The zero-order chi connectivity index (χ0) is 18.9. The molecule has 0 saturated carbocycles. The Labute approximate surface area is 151 Å². The first-order chi connectivity index (χ1) is 12.4. The van der Waals surface area contributed by atoms with Crippen LogP contribution < -0.4 is 5.73 Å². The van der Waals surface area contributed by atoms with Gasteiger partial charge in [0.2, 0.25) is 5.88 Å². The van der Waals surface area contributed by atoms with Gasteiger partial charge in [-0.3, -0.25) is 0 Å². The van der Waals surface area contributed by atoms with E-state index in [1.54, 1.807) is 26.0 Å². The molecular formula is C19H20N2O5. The van der Waals surface area contributed by atoms with Gasteiger partial charge in [-0.2, -0.15) is 5.26 Å². The van der Waals surface area contributed by atoms with Crippen molar-refractivity contribution in [3.8, 4) is 6.07 Å². The predicted octanol–water partition coefficient (Wildman–Crippen LogP) is 2.06. The van der Waals surface area contributed by atoms with E-state index in [1.807, 2.05) is 18.2 Å². The molecule has 3 rings (SSSR count). The first kappa shape index (κ1) is 18.0. The second-order valence-corrected chi connectivity index (χ2v) is 6.44. The molecule has 2 N–H and O–H groups in total. The lowest BCUT2D eigenvalue weighted by Gasteiger charge is -2.30. The summed E-state index contributed by atoms with van der Waals surface area (Å²) in [4.78, 5) is 12.3. The normalized spacial score (nSPS) is 24.8. The molecule has 136 valence electrons. The lowest BCUT2D eigenvalue weighted by atomic mass is 9.83. The Morgan fingerprint density at radius 3 is 2.58 bits per heavy atom. The number of carbonyl (C=O) groups excluding carboxylic acids is 1.